The van der Waals surface area contributed by atoms with E-state index >= 15 is 0 Å². The summed E-state index contributed by atoms with van der Waals surface area (Å²) >= 11 is 3.43. The van der Waals surface area contributed by atoms with E-state index in [2.05, 4.69) is 27.3 Å². The van der Waals surface area contributed by atoms with Gasteiger partial charge in [0.1, 0.15) is 0 Å². The van der Waals surface area contributed by atoms with Gasteiger partial charge < -0.3 is 11.1 Å². The third-order valence-corrected chi connectivity index (χ3v) is 4.01. The predicted molar refractivity (Wildman–Crippen MR) is 94.8 cm³/mol. The lowest BCUT2D eigenvalue weighted by molar-refractivity contribution is -0.116. The number of rotatable bonds is 6. The van der Waals surface area contributed by atoms with Crippen LogP contribution in [-0.2, 0) is 17.8 Å². The number of nitrogens with two attached hydrogens (primary N) is 1. The molecule has 0 unspecified atom stereocenters. The molecule has 3 N–H and O–H groups in total. The molecule has 0 saturated carbocycles. The maximum atomic E-state index is 12.0. The van der Waals surface area contributed by atoms with Crippen molar-refractivity contribution in [3.63, 3.8) is 0 Å². The number of halogens is 1. The third-order valence-electron chi connectivity index (χ3n) is 3.51. The Morgan fingerprint density at radius 3 is 2.78 bits per heavy atom. The molecule has 118 valence electrons. The van der Waals surface area contributed by atoms with Crippen molar-refractivity contribution in [1.82, 2.24) is 0 Å². The van der Waals surface area contributed by atoms with Crippen LogP contribution < -0.4 is 11.1 Å². The Hall–Kier alpha value is -2.16. The highest BCUT2D eigenvalue weighted by Gasteiger charge is 2.06. The van der Waals surface area contributed by atoms with Gasteiger partial charge >= 0.3 is 0 Å². The minimum atomic E-state index is -0.0495. The van der Waals surface area contributed by atoms with E-state index in [0.717, 1.165) is 22.9 Å². The Bertz CT molecular complexity index is 737. The fraction of sp³-hybridized carbons (Fsp3) is 0.222. The van der Waals surface area contributed by atoms with Crippen LogP contribution in [0.3, 0.4) is 0 Å². The average molecular weight is 372 g/mol. The number of nitriles is 1. The van der Waals surface area contributed by atoms with Crippen LogP contribution in [-0.4, -0.2) is 5.91 Å². The molecule has 2 aromatic rings. The molecule has 0 spiro atoms. The van der Waals surface area contributed by atoms with Gasteiger partial charge in [0, 0.05) is 23.1 Å². The maximum absolute atomic E-state index is 12.0. The van der Waals surface area contributed by atoms with Crippen molar-refractivity contribution < 1.29 is 4.79 Å². The molecule has 0 aliphatic rings. The van der Waals surface area contributed by atoms with Crippen LogP contribution >= 0.6 is 15.9 Å². The minimum absolute atomic E-state index is 0.0495. The summed E-state index contributed by atoms with van der Waals surface area (Å²) in [5, 5.41) is 11.7. The van der Waals surface area contributed by atoms with E-state index in [0.29, 0.717) is 24.2 Å². The number of hydrogen-bond acceptors (Lipinski definition) is 3. The Labute approximate surface area is 144 Å². The lowest BCUT2D eigenvalue weighted by Crippen LogP contribution is -2.12. The molecule has 0 aliphatic heterocycles. The molecule has 23 heavy (non-hydrogen) atoms. The topological polar surface area (TPSA) is 78.9 Å². The average Bonchev–Trinajstić information content (AvgIpc) is 2.56. The molecule has 0 aliphatic carbocycles. The van der Waals surface area contributed by atoms with E-state index in [-0.39, 0.29) is 5.91 Å². The van der Waals surface area contributed by atoms with Crippen LogP contribution in [0.15, 0.2) is 46.9 Å². The van der Waals surface area contributed by atoms with E-state index in [9.17, 15) is 4.79 Å². The molecule has 0 atom stereocenters. The molecule has 0 bridgehead atoms. The number of aryl methyl sites for hydroxylation is 1. The second-order valence-electron chi connectivity index (χ2n) is 5.21. The van der Waals surface area contributed by atoms with E-state index < -0.39 is 0 Å². The van der Waals surface area contributed by atoms with Gasteiger partial charge in [-0.25, -0.2) is 0 Å². The van der Waals surface area contributed by atoms with E-state index in [4.69, 9.17) is 11.0 Å². The van der Waals surface area contributed by atoms with E-state index in [1.807, 2.05) is 18.2 Å². The number of amides is 1. The first-order valence-electron chi connectivity index (χ1n) is 7.40. The van der Waals surface area contributed by atoms with Crippen LogP contribution in [0.1, 0.15) is 29.5 Å². The molecule has 0 heterocycles. The lowest BCUT2D eigenvalue weighted by atomic mass is 10.0. The number of benzene rings is 2. The second-order valence-corrected chi connectivity index (χ2v) is 6.13. The quantitative estimate of drug-likeness (QED) is 0.811. The Morgan fingerprint density at radius 1 is 1.22 bits per heavy atom. The zero-order valence-electron chi connectivity index (χ0n) is 12.7. The summed E-state index contributed by atoms with van der Waals surface area (Å²) in [6, 6.07) is 15.0. The van der Waals surface area contributed by atoms with Crippen LogP contribution in [0.2, 0.25) is 0 Å². The largest absolute Gasteiger partial charge is 0.326 e. The van der Waals surface area contributed by atoms with Crippen molar-refractivity contribution in [2.75, 3.05) is 5.32 Å². The summed E-state index contributed by atoms with van der Waals surface area (Å²) in [5.41, 5.74) is 9.21. The Morgan fingerprint density at radius 2 is 2.04 bits per heavy atom. The fourth-order valence-corrected chi connectivity index (χ4v) is 2.77. The molecule has 5 heteroatoms. The van der Waals surface area contributed by atoms with Gasteiger partial charge in [-0.2, -0.15) is 5.26 Å². The number of nitrogens with zero attached hydrogens (tertiary/aromatic N) is 1. The van der Waals surface area contributed by atoms with Crippen molar-refractivity contribution >= 4 is 27.5 Å². The van der Waals surface area contributed by atoms with Crippen molar-refractivity contribution in [3.05, 3.63) is 63.6 Å². The van der Waals surface area contributed by atoms with Crippen LogP contribution in [0, 0.1) is 11.3 Å². The first-order valence-corrected chi connectivity index (χ1v) is 8.19. The molecular formula is C18H18BrN3O. The minimum Gasteiger partial charge on any atom is -0.326 e. The maximum Gasteiger partial charge on any atom is 0.224 e. The summed E-state index contributed by atoms with van der Waals surface area (Å²) in [5.74, 6) is -0.0495. The molecule has 0 saturated heterocycles. The smallest absolute Gasteiger partial charge is 0.224 e. The molecular weight excluding hydrogens is 354 g/mol. The van der Waals surface area contributed by atoms with Gasteiger partial charge in [0.25, 0.3) is 0 Å². The Kier molecular flexibility index (Phi) is 6.33. The fourth-order valence-electron chi connectivity index (χ4n) is 2.36. The summed E-state index contributed by atoms with van der Waals surface area (Å²) < 4.78 is 1.01. The molecule has 2 rings (SSSR count). The van der Waals surface area contributed by atoms with Gasteiger partial charge in [-0.3, -0.25) is 4.79 Å². The van der Waals surface area contributed by atoms with E-state index in [1.54, 1.807) is 24.3 Å². The van der Waals surface area contributed by atoms with Gasteiger partial charge in [-0.1, -0.05) is 28.1 Å². The van der Waals surface area contributed by atoms with E-state index in [1.165, 1.54) is 5.56 Å². The van der Waals surface area contributed by atoms with Crippen molar-refractivity contribution in [2.24, 2.45) is 5.73 Å². The normalized spacial score (nSPS) is 10.1. The second kappa shape index (κ2) is 8.47. The molecule has 1 amide bonds. The molecule has 0 fully saturated rings. The standard InChI is InChI=1S/C18H18BrN3O/c19-16-8-7-14(15(10-16)12-21)4-2-6-18(23)22-17-5-1-3-13(9-17)11-20/h1,3,5,7-10H,2,4,6,12,21H2,(H,22,23). The summed E-state index contributed by atoms with van der Waals surface area (Å²) in [6.45, 7) is 0.488. The van der Waals surface area contributed by atoms with Crippen LogP contribution in [0.25, 0.3) is 0 Å². The first-order chi connectivity index (χ1) is 11.1. The van der Waals surface area contributed by atoms with Gasteiger partial charge in [-0.15, -0.1) is 0 Å². The van der Waals surface area contributed by atoms with Crippen LogP contribution in [0.4, 0.5) is 5.69 Å². The van der Waals surface area contributed by atoms with Gasteiger partial charge in [0.05, 0.1) is 11.6 Å². The molecule has 0 radical (unpaired) electrons. The zero-order chi connectivity index (χ0) is 16.7. The molecule has 4 nitrogen and oxygen atoms in total. The number of carbonyl (C=O) groups is 1. The first kappa shape index (κ1) is 17.2. The number of hydrogen-bond donors (Lipinski definition) is 2. The summed E-state index contributed by atoms with van der Waals surface area (Å²) in [7, 11) is 0. The highest BCUT2D eigenvalue weighted by molar-refractivity contribution is 9.10. The molecule has 2 aromatic carbocycles. The monoisotopic (exact) mass is 371 g/mol. The molecule has 0 aromatic heterocycles. The summed E-state index contributed by atoms with van der Waals surface area (Å²) in [6.07, 6.45) is 1.99. The predicted octanol–water partition coefficient (Wildman–Crippen LogP) is 3.74. The third kappa shape index (κ3) is 5.20. The summed E-state index contributed by atoms with van der Waals surface area (Å²) in [4.78, 5) is 12.0. The number of carbonyl (C=O) groups excluding carboxylic acids is 1. The Balaban J connectivity index is 1.86. The van der Waals surface area contributed by atoms with Crippen LogP contribution in [0.5, 0.6) is 0 Å². The SMILES string of the molecule is N#Cc1cccc(NC(=O)CCCc2ccc(Br)cc2CN)c1. The van der Waals surface area contributed by atoms with Crippen molar-refractivity contribution in [2.45, 2.75) is 25.8 Å². The van der Waals surface area contributed by atoms with Gasteiger partial charge in [0.2, 0.25) is 5.91 Å². The van der Waals surface area contributed by atoms with Gasteiger partial charge in [0.15, 0.2) is 0 Å². The number of nitrogens with one attached hydrogen (secondary N) is 1. The van der Waals surface area contributed by atoms with Crippen molar-refractivity contribution in [3.8, 4) is 6.07 Å². The number of anilines is 1. The lowest BCUT2D eigenvalue weighted by Gasteiger charge is -2.09. The zero-order valence-corrected chi connectivity index (χ0v) is 14.3. The highest BCUT2D eigenvalue weighted by Crippen LogP contribution is 2.18. The van der Waals surface area contributed by atoms with Gasteiger partial charge in [-0.05, 0) is 54.3 Å². The highest BCUT2D eigenvalue weighted by atomic mass is 79.9. The van der Waals surface area contributed by atoms with Crippen molar-refractivity contribution in [1.29, 1.82) is 5.26 Å².